The van der Waals surface area contributed by atoms with E-state index < -0.39 is 0 Å². The Morgan fingerprint density at radius 1 is 1.29 bits per heavy atom. The van der Waals surface area contributed by atoms with Gasteiger partial charge in [-0.05, 0) is 57.3 Å². The van der Waals surface area contributed by atoms with Crippen LogP contribution in [0.5, 0.6) is 0 Å². The molecule has 2 N–H and O–H groups in total. The lowest BCUT2D eigenvalue weighted by Gasteiger charge is -2.55. The van der Waals surface area contributed by atoms with Crippen molar-refractivity contribution in [3.8, 4) is 0 Å². The zero-order valence-corrected chi connectivity index (χ0v) is 11.9. The largest absolute Gasteiger partial charge is 0.474 e. The molecule has 0 aromatic heterocycles. The molecule has 4 unspecified atom stereocenters. The molecular formula is C16H29N. The molecule has 0 spiro atoms. The average Bonchev–Trinajstić information content (AvgIpc) is 2.28. The van der Waals surface area contributed by atoms with E-state index in [0.717, 1.165) is 11.8 Å². The number of rotatable bonds is 2. The Morgan fingerprint density at radius 2 is 2.00 bits per heavy atom. The van der Waals surface area contributed by atoms with Crippen LogP contribution in [0.25, 0.3) is 0 Å². The van der Waals surface area contributed by atoms with E-state index in [4.69, 9.17) is 0 Å². The molecule has 0 aromatic carbocycles. The van der Waals surface area contributed by atoms with Crippen LogP contribution in [0.1, 0.15) is 59.3 Å². The molecule has 1 nitrogen and oxygen atoms in total. The molecule has 0 saturated heterocycles. The van der Waals surface area contributed by atoms with Gasteiger partial charge in [0.15, 0.2) is 0 Å². The van der Waals surface area contributed by atoms with Crippen molar-refractivity contribution in [3.63, 3.8) is 0 Å². The fourth-order valence-corrected chi connectivity index (χ4v) is 4.47. The van der Waals surface area contributed by atoms with Gasteiger partial charge in [-0.3, -0.25) is 0 Å². The molecule has 0 radical (unpaired) electrons. The zero-order chi connectivity index (χ0) is 12.7. The van der Waals surface area contributed by atoms with Crippen molar-refractivity contribution in [2.45, 2.75) is 64.8 Å². The van der Waals surface area contributed by atoms with Gasteiger partial charge in [0, 0.05) is 12.3 Å². The predicted molar refractivity (Wildman–Crippen MR) is 73.3 cm³/mol. The topological polar surface area (TPSA) is 16.6 Å². The molecule has 0 aromatic rings. The second-order valence-corrected chi connectivity index (χ2v) is 7.09. The number of nitrogens with two attached hydrogens (primary N) is 1. The quantitative estimate of drug-likeness (QED) is 0.559. The lowest BCUT2D eigenvalue weighted by Crippen LogP contribution is -2.94. The zero-order valence-electron chi connectivity index (χ0n) is 11.9. The van der Waals surface area contributed by atoms with E-state index in [1.807, 2.05) is 0 Å². The fourth-order valence-electron chi connectivity index (χ4n) is 4.47. The van der Waals surface area contributed by atoms with Gasteiger partial charge in [-0.15, -0.1) is 0 Å². The second-order valence-electron chi connectivity index (χ2n) is 7.09. The maximum Gasteiger partial charge on any atom is 0.0728 e. The van der Waals surface area contributed by atoms with Crippen molar-refractivity contribution in [1.29, 1.82) is 0 Å². The van der Waals surface area contributed by atoms with Crippen LogP contribution in [0.15, 0.2) is 12.2 Å². The summed E-state index contributed by atoms with van der Waals surface area (Å²) in [4.78, 5) is 0. The van der Waals surface area contributed by atoms with Crippen molar-refractivity contribution >= 4 is 0 Å². The minimum Gasteiger partial charge on any atom is -0.474 e. The van der Waals surface area contributed by atoms with Crippen LogP contribution in [-0.4, -0.2) is 5.54 Å². The highest BCUT2D eigenvalue weighted by atomic mass is 15.0. The first-order chi connectivity index (χ1) is 7.91. The van der Waals surface area contributed by atoms with Gasteiger partial charge in [0.1, 0.15) is 0 Å². The van der Waals surface area contributed by atoms with Gasteiger partial charge in [-0.2, -0.15) is 7.05 Å². The summed E-state index contributed by atoms with van der Waals surface area (Å²) in [7, 11) is 4.13. The van der Waals surface area contributed by atoms with Crippen molar-refractivity contribution in [2.75, 3.05) is 0 Å². The first-order valence-electron chi connectivity index (χ1n) is 7.20. The maximum atomic E-state index is 4.19. The lowest BCUT2D eigenvalue weighted by molar-refractivity contribution is -0.689. The summed E-state index contributed by atoms with van der Waals surface area (Å²) in [5.74, 6) is 1.57. The predicted octanol–water partition coefficient (Wildman–Crippen LogP) is 3.28. The summed E-state index contributed by atoms with van der Waals surface area (Å²) < 4.78 is 0. The van der Waals surface area contributed by atoms with Gasteiger partial charge >= 0.3 is 0 Å². The van der Waals surface area contributed by atoms with Crippen LogP contribution < -0.4 is 5.32 Å². The van der Waals surface area contributed by atoms with Crippen LogP contribution in [0.2, 0.25) is 0 Å². The van der Waals surface area contributed by atoms with Crippen molar-refractivity contribution in [3.05, 3.63) is 19.2 Å². The molecule has 2 fully saturated rings. The minimum atomic E-state index is 0.362. The maximum absolute atomic E-state index is 4.19. The second kappa shape index (κ2) is 4.42. The van der Waals surface area contributed by atoms with Crippen molar-refractivity contribution in [2.24, 2.45) is 17.3 Å². The highest BCUT2D eigenvalue weighted by molar-refractivity contribution is 5.07. The first-order valence-corrected chi connectivity index (χ1v) is 7.20. The molecule has 2 saturated carbocycles. The van der Waals surface area contributed by atoms with E-state index >= 15 is 0 Å². The first kappa shape index (κ1) is 13.1. The lowest BCUT2D eigenvalue weighted by atomic mass is 9.52. The Labute approximate surface area is 107 Å². The van der Waals surface area contributed by atoms with Crippen LogP contribution in [0, 0.1) is 24.3 Å². The van der Waals surface area contributed by atoms with E-state index in [2.05, 4.69) is 39.7 Å². The van der Waals surface area contributed by atoms with Gasteiger partial charge in [0.2, 0.25) is 0 Å². The van der Waals surface area contributed by atoms with Crippen molar-refractivity contribution in [1.82, 2.24) is 0 Å². The van der Waals surface area contributed by atoms with E-state index in [1.165, 1.54) is 44.1 Å². The molecule has 2 rings (SSSR count). The monoisotopic (exact) mass is 235 g/mol. The van der Waals surface area contributed by atoms with Crippen molar-refractivity contribution < 1.29 is 5.32 Å². The summed E-state index contributed by atoms with van der Waals surface area (Å²) in [6.07, 6.45) is 8.22. The van der Waals surface area contributed by atoms with Crippen LogP contribution in [0.4, 0.5) is 0 Å². The van der Waals surface area contributed by atoms with E-state index in [0.29, 0.717) is 11.0 Å². The molecule has 17 heavy (non-hydrogen) atoms. The van der Waals surface area contributed by atoms with E-state index in [9.17, 15) is 0 Å². The number of fused-ring (bicyclic) bond motifs is 1. The standard InChI is InChI=1S/C16H29N/c1-12(2)13-7-10-15(3)8-6-9-16(4,17-5)14(15)11-13/h13-14H,1,5-11,17H2,2-4H3. The summed E-state index contributed by atoms with van der Waals surface area (Å²) in [6.45, 7) is 11.4. The third-order valence-electron chi connectivity index (χ3n) is 5.85. The molecule has 0 heterocycles. The molecular weight excluding hydrogens is 206 g/mol. The minimum absolute atomic E-state index is 0.362. The Hall–Kier alpha value is -0.300. The number of allylic oxidation sites excluding steroid dienone is 1. The number of hydrogen-bond acceptors (Lipinski definition) is 0. The Balaban J connectivity index is 2.23. The molecule has 0 bridgehead atoms. The number of hydrogen-bond donors (Lipinski definition) is 1. The third-order valence-corrected chi connectivity index (χ3v) is 5.85. The summed E-state index contributed by atoms with van der Waals surface area (Å²) in [5, 5.41) is 2.25. The average molecular weight is 235 g/mol. The summed E-state index contributed by atoms with van der Waals surface area (Å²) in [6, 6.07) is 0. The SMILES string of the molecule is C=C(C)C1CCC2(C)CCCC(C)([NH2+][CH2-])C2C1. The van der Waals surface area contributed by atoms with Gasteiger partial charge < -0.3 is 5.32 Å². The highest BCUT2D eigenvalue weighted by Gasteiger charge is 2.52. The van der Waals surface area contributed by atoms with Crippen LogP contribution in [-0.2, 0) is 0 Å². The van der Waals surface area contributed by atoms with Gasteiger partial charge in [-0.25, -0.2) is 0 Å². The molecule has 98 valence electrons. The Morgan fingerprint density at radius 3 is 2.59 bits per heavy atom. The fraction of sp³-hybridized carbons (Fsp3) is 0.812. The summed E-state index contributed by atoms with van der Waals surface area (Å²) in [5.41, 5.74) is 2.32. The Bertz CT molecular complexity index is 299. The molecule has 1 heteroatoms. The van der Waals surface area contributed by atoms with Crippen LogP contribution >= 0.6 is 0 Å². The smallest absolute Gasteiger partial charge is 0.0728 e. The molecule has 0 amide bonds. The molecule has 4 atom stereocenters. The van der Waals surface area contributed by atoms with Gasteiger partial charge in [0.05, 0.1) is 5.54 Å². The third kappa shape index (κ3) is 2.19. The van der Waals surface area contributed by atoms with E-state index in [-0.39, 0.29) is 0 Å². The van der Waals surface area contributed by atoms with Gasteiger partial charge in [0.25, 0.3) is 0 Å². The molecule has 2 aliphatic rings. The van der Waals surface area contributed by atoms with Crippen LogP contribution in [0.3, 0.4) is 0 Å². The van der Waals surface area contributed by atoms with Gasteiger partial charge in [-0.1, -0.05) is 19.1 Å². The molecule has 0 aliphatic heterocycles. The highest BCUT2D eigenvalue weighted by Crippen LogP contribution is 2.55. The number of quaternary nitrogens is 1. The summed E-state index contributed by atoms with van der Waals surface area (Å²) >= 11 is 0. The Kier molecular flexibility index (Phi) is 3.42. The van der Waals surface area contributed by atoms with E-state index in [1.54, 1.807) is 0 Å². The normalized spacial score (nSPS) is 46.4. The molecule has 2 aliphatic carbocycles.